The zero-order chi connectivity index (χ0) is 73.6. The molecule has 0 unspecified atom stereocenters. The van der Waals surface area contributed by atoms with Gasteiger partial charge in [0, 0.05) is 62.2 Å². The molecule has 2 aromatic heterocycles. The van der Waals surface area contributed by atoms with Gasteiger partial charge in [0.05, 0.1) is 62.0 Å². The van der Waals surface area contributed by atoms with E-state index in [4.69, 9.17) is 46.2 Å². The molecule has 4 saturated heterocycles. The van der Waals surface area contributed by atoms with Crippen molar-refractivity contribution in [3.63, 3.8) is 0 Å². The summed E-state index contributed by atoms with van der Waals surface area (Å²) < 4.78 is 110. The number of nitrogens with one attached hydrogen (secondary N) is 6. The molecule has 28 nitrogen and oxygen atoms in total. The highest BCUT2D eigenvalue weighted by Gasteiger charge is 2.46. The van der Waals surface area contributed by atoms with E-state index in [9.17, 15) is 54.0 Å². The van der Waals surface area contributed by atoms with Crippen molar-refractivity contribution in [2.45, 2.75) is 157 Å². The standard InChI is InChI=1S/C35H47ClN6O9S2.C34H44ClN5O8S/c1-5-27(32(43)34-39-28-13-11-26(19-31(28)51-34)53(48,49)41(2)3)38-33(44)30-18-25(50-21-23-6-9-24(36)10-7-23)20-42(30)35(45)29(40-52(4,46)47)12-8-22-14-16-37-17-15-22;1-4-26(31(41)33-38-27-12-10-24(46-2)18-30(27)48-33)37-32(42)29-17-25(47-20-22-5-8-23(35)9-6-22)19-40(29)34(43)28(39-49(3,44)45)11-7-21-13-15-36-16-14-21/h6-7,9-11,13,19,22,25,27,29-30,37,40H,5,8,12,14-18,20-21H2,1-4H3,(H,38,44);5-6,8-10,12,18,21,25-26,28-29,36,39H,4,7,11,13-17,19-20H2,1-3H3,(H,37,42)/t25-,27+,29-,30+;25-,26+,28-,29+/m11/s1. The molecule has 8 atom stereocenters. The normalized spacial score (nSPS) is 19.8. The third-order valence-electron chi connectivity index (χ3n) is 18.7. The Balaban J connectivity index is 0.000000238. The van der Waals surface area contributed by atoms with E-state index in [-0.39, 0.29) is 92.6 Å². The number of halogens is 2. The molecule has 4 aliphatic rings. The summed E-state index contributed by atoms with van der Waals surface area (Å²) in [6.45, 7) is 7.38. The fourth-order valence-corrected chi connectivity index (χ4v) is 15.6. The number of aromatic nitrogens is 2. The number of nitrogens with zero attached hydrogens (tertiary/aromatic N) is 5. The number of Topliss-reactive ketones (excluding diaryl/α,β-unsaturated/α-hetero) is 2. The Morgan fingerprint density at radius 1 is 0.588 bits per heavy atom. The summed E-state index contributed by atoms with van der Waals surface area (Å²) in [7, 11) is -7.01. The fourth-order valence-electron chi connectivity index (χ4n) is 13.0. The molecule has 0 bridgehead atoms. The second-order valence-electron chi connectivity index (χ2n) is 26.5. The number of rotatable bonds is 31. The zero-order valence-corrected chi connectivity index (χ0v) is 62.1. The van der Waals surface area contributed by atoms with Gasteiger partial charge in [-0.05, 0) is 162 Å². The maximum atomic E-state index is 14.2. The molecular formula is C69H91Cl2N11O17S3. The van der Waals surface area contributed by atoms with Gasteiger partial charge in [-0.2, -0.15) is 0 Å². The SMILES string of the molecule is CC[C@H](NC(=O)[C@@H]1C[C@@H](OCc2ccc(Cl)cc2)CN1C(=O)[C@@H](CCC1CCNCC1)NS(C)(=O)=O)C(=O)c1nc2ccc(OC)cc2o1.CC[C@H](NC(=O)[C@@H]1C[C@@H](OCc2ccc(Cl)cc2)CN1C(=O)[C@@H](CCC1CCNCC1)NS(C)(=O)=O)C(=O)c1nc2ccc(S(=O)(=O)N(C)C)cc2o1. The largest absolute Gasteiger partial charge is 0.497 e. The number of likely N-dealkylation sites (tertiary alicyclic amines) is 2. The van der Waals surface area contributed by atoms with Crippen molar-refractivity contribution in [3.05, 3.63) is 118 Å². The number of piperidine rings is 2. The molecule has 556 valence electrons. The number of ketones is 2. The number of methoxy groups -OCH3 is 1. The van der Waals surface area contributed by atoms with Crippen molar-refractivity contribution in [2.24, 2.45) is 11.8 Å². The molecule has 6 heterocycles. The zero-order valence-electron chi connectivity index (χ0n) is 58.2. The lowest BCUT2D eigenvalue weighted by atomic mass is 9.91. The summed E-state index contributed by atoms with van der Waals surface area (Å²) in [6, 6.07) is 17.0. The number of oxazole rings is 2. The van der Waals surface area contributed by atoms with Crippen LogP contribution < -0.4 is 35.4 Å². The molecule has 6 aromatic rings. The third-order valence-corrected chi connectivity index (χ3v) is 22.4. The van der Waals surface area contributed by atoms with Crippen molar-refractivity contribution < 1.29 is 77.1 Å². The van der Waals surface area contributed by atoms with Crippen molar-refractivity contribution in [2.75, 3.05) is 73.0 Å². The quantitative estimate of drug-likeness (QED) is 0.0266. The average molecular weight is 1510 g/mol. The first-order chi connectivity index (χ1) is 48.5. The number of benzene rings is 4. The molecule has 6 N–H and O–H groups in total. The van der Waals surface area contributed by atoms with E-state index in [1.54, 1.807) is 56.3 Å². The van der Waals surface area contributed by atoms with Crippen molar-refractivity contribution in [3.8, 4) is 5.75 Å². The summed E-state index contributed by atoms with van der Waals surface area (Å²) in [5, 5.41) is 13.3. The van der Waals surface area contributed by atoms with E-state index < -0.39 is 114 Å². The van der Waals surface area contributed by atoms with E-state index in [2.05, 4.69) is 40.7 Å². The summed E-state index contributed by atoms with van der Waals surface area (Å²) in [6.07, 6.45) is 7.08. The van der Waals surface area contributed by atoms with E-state index in [1.807, 2.05) is 24.3 Å². The molecule has 4 aromatic carbocycles. The summed E-state index contributed by atoms with van der Waals surface area (Å²) >= 11 is 12.1. The van der Waals surface area contributed by atoms with Crippen LogP contribution in [0.3, 0.4) is 0 Å². The predicted octanol–water partition coefficient (Wildman–Crippen LogP) is 6.14. The minimum absolute atomic E-state index is 0.0217. The molecule has 0 radical (unpaired) electrons. The molecule has 10 rings (SSSR count). The number of hydrogen-bond donors (Lipinski definition) is 6. The average Bonchev–Trinajstić information content (AvgIpc) is 1.64. The first-order valence-electron chi connectivity index (χ1n) is 34.1. The first-order valence-corrected chi connectivity index (χ1v) is 40.1. The number of ether oxygens (including phenoxy) is 3. The lowest BCUT2D eigenvalue weighted by Crippen LogP contribution is -2.55. The number of carbonyl (C=O) groups excluding carboxylic acids is 6. The van der Waals surface area contributed by atoms with Crippen LogP contribution in [0.4, 0.5) is 0 Å². The van der Waals surface area contributed by atoms with Crippen LogP contribution >= 0.6 is 23.2 Å². The van der Waals surface area contributed by atoms with Crippen LogP contribution in [0.25, 0.3) is 22.2 Å². The van der Waals surface area contributed by atoms with E-state index >= 15 is 0 Å². The molecule has 0 spiro atoms. The van der Waals surface area contributed by atoms with Gasteiger partial charge in [0.1, 0.15) is 41.0 Å². The number of fused-ring (bicyclic) bond motifs is 2. The molecular weight excluding hydrogens is 1420 g/mol. The van der Waals surface area contributed by atoms with Crippen molar-refractivity contribution in [1.29, 1.82) is 0 Å². The Morgan fingerprint density at radius 3 is 1.37 bits per heavy atom. The minimum atomic E-state index is -3.79. The molecule has 4 aliphatic heterocycles. The minimum Gasteiger partial charge on any atom is -0.497 e. The summed E-state index contributed by atoms with van der Waals surface area (Å²) in [5.74, 6) is -2.64. The number of hydrogen-bond acceptors (Lipinski definition) is 21. The smallest absolute Gasteiger partial charge is 0.266 e. The Labute approximate surface area is 604 Å². The van der Waals surface area contributed by atoms with Crippen LogP contribution in [0.2, 0.25) is 10.0 Å². The highest BCUT2D eigenvalue weighted by Crippen LogP contribution is 2.31. The highest BCUT2D eigenvalue weighted by molar-refractivity contribution is 7.89. The monoisotopic (exact) mass is 1510 g/mol. The number of carbonyl (C=O) groups is 6. The molecule has 0 saturated carbocycles. The Kier molecular flexibility index (Phi) is 27.7. The molecule has 33 heteroatoms. The topological polar surface area (TPSA) is 366 Å². The van der Waals surface area contributed by atoms with Gasteiger partial charge >= 0.3 is 0 Å². The maximum absolute atomic E-state index is 14.2. The summed E-state index contributed by atoms with van der Waals surface area (Å²) in [4.78, 5) is 94.8. The van der Waals surface area contributed by atoms with Gasteiger partial charge in [-0.15, -0.1) is 0 Å². The van der Waals surface area contributed by atoms with Gasteiger partial charge in [-0.1, -0.05) is 61.3 Å². The van der Waals surface area contributed by atoms with Gasteiger partial charge in [-0.3, -0.25) is 28.8 Å². The maximum Gasteiger partial charge on any atom is 0.266 e. The van der Waals surface area contributed by atoms with Gasteiger partial charge in [-0.25, -0.2) is 49.0 Å². The molecule has 0 aliphatic carbocycles. The Morgan fingerprint density at radius 2 is 0.990 bits per heavy atom. The molecule has 4 amide bonds. The van der Waals surface area contributed by atoms with Gasteiger partial charge in [0.2, 0.25) is 65.3 Å². The lowest BCUT2D eigenvalue weighted by Gasteiger charge is -2.30. The van der Waals surface area contributed by atoms with Crippen LogP contribution in [0, 0.1) is 11.8 Å². The van der Waals surface area contributed by atoms with Crippen LogP contribution in [-0.4, -0.2) is 206 Å². The Hall–Kier alpha value is -7.01. The number of sulfonamides is 3. The van der Waals surface area contributed by atoms with Crippen LogP contribution in [0.15, 0.2) is 98.7 Å². The predicted molar refractivity (Wildman–Crippen MR) is 382 cm³/mol. The van der Waals surface area contributed by atoms with E-state index in [0.717, 1.165) is 79.8 Å². The highest BCUT2D eigenvalue weighted by atomic mass is 35.5. The van der Waals surface area contributed by atoms with Crippen molar-refractivity contribution in [1.82, 2.24) is 54.8 Å². The molecule has 102 heavy (non-hydrogen) atoms. The third kappa shape index (κ3) is 21.6. The first kappa shape index (κ1) is 79.1. The van der Waals surface area contributed by atoms with E-state index in [0.29, 0.717) is 51.6 Å². The number of amides is 4. The fraction of sp³-hybridized carbons (Fsp3) is 0.536. The van der Waals surface area contributed by atoms with Gasteiger partial charge < -0.3 is 54.1 Å². The Bertz CT molecular complexity index is 4270. The lowest BCUT2D eigenvalue weighted by molar-refractivity contribution is -0.140. The van der Waals surface area contributed by atoms with Crippen LogP contribution in [-0.2, 0) is 71.9 Å². The van der Waals surface area contributed by atoms with Crippen LogP contribution in [0.5, 0.6) is 5.75 Å². The van der Waals surface area contributed by atoms with Crippen LogP contribution in [0.1, 0.15) is 123 Å². The van der Waals surface area contributed by atoms with E-state index in [1.165, 1.54) is 49.2 Å². The van der Waals surface area contributed by atoms with Crippen molar-refractivity contribution >= 4 is 111 Å². The second-order valence-corrected chi connectivity index (χ2v) is 33.1. The second kappa shape index (κ2) is 35.6. The van der Waals surface area contributed by atoms with Gasteiger partial charge in [0.15, 0.2) is 11.2 Å². The summed E-state index contributed by atoms with van der Waals surface area (Å²) in [5.41, 5.74) is 2.87. The van der Waals surface area contributed by atoms with Gasteiger partial charge in [0.25, 0.3) is 11.8 Å². The molecule has 4 fully saturated rings.